The summed E-state index contributed by atoms with van der Waals surface area (Å²) >= 11 is 1.82. The SMILES string of the molecule is CN(CCc1ccc2sccc2c1)C[C@@H]1CCCc2c1ccc1c2OOC1. The monoisotopic (exact) mass is 379 g/mol. The topological polar surface area (TPSA) is 21.7 Å². The Hall–Kier alpha value is -1.88. The Morgan fingerprint density at radius 3 is 3.11 bits per heavy atom. The quantitative estimate of drug-likeness (QED) is 0.560. The van der Waals surface area contributed by atoms with E-state index in [2.05, 4.69) is 53.7 Å². The lowest BCUT2D eigenvalue weighted by molar-refractivity contribution is -0.195. The second kappa shape index (κ2) is 7.27. The van der Waals surface area contributed by atoms with Crippen LogP contribution in [0.4, 0.5) is 0 Å². The molecule has 0 fully saturated rings. The third kappa shape index (κ3) is 3.38. The molecule has 1 aliphatic carbocycles. The van der Waals surface area contributed by atoms with Crippen molar-refractivity contribution in [3.63, 3.8) is 0 Å². The van der Waals surface area contributed by atoms with Crippen molar-refractivity contribution >= 4 is 21.4 Å². The number of thiophene rings is 1. The second-order valence-electron chi connectivity index (χ2n) is 7.86. The van der Waals surface area contributed by atoms with Crippen LogP contribution in [0.25, 0.3) is 10.1 Å². The molecule has 0 N–H and O–H groups in total. The van der Waals surface area contributed by atoms with Crippen LogP contribution in [0.15, 0.2) is 41.8 Å². The minimum atomic E-state index is 0.585. The normalized spacial score (nSPS) is 18.5. The van der Waals surface area contributed by atoms with E-state index in [4.69, 9.17) is 9.78 Å². The summed E-state index contributed by atoms with van der Waals surface area (Å²) in [7, 11) is 2.25. The van der Waals surface area contributed by atoms with Gasteiger partial charge in [0.1, 0.15) is 6.61 Å². The van der Waals surface area contributed by atoms with Crippen molar-refractivity contribution in [2.45, 2.75) is 38.2 Å². The Balaban J connectivity index is 1.26. The maximum atomic E-state index is 5.47. The number of hydrogen-bond acceptors (Lipinski definition) is 4. The number of benzene rings is 2. The van der Waals surface area contributed by atoms with Gasteiger partial charge in [0.05, 0.1) is 0 Å². The van der Waals surface area contributed by atoms with Crippen molar-refractivity contribution in [1.29, 1.82) is 0 Å². The third-order valence-corrected chi connectivity index (χ3v) is 6.88. The van der Waals surface area contributed by atoms with Gasteiger partial charge in [0.2, 0.25) is 0 Å². The predicted molar refractivity (Wildman–Crippen MR) is 111 cm³/mol. The van der Waals surface area contributed by atoms with Gasteiger partial charge in [-0.05, 0) is 72.7 Å². The van der Waals surface area contributed by atoms with Crippen LogP contribution in [-0.2, 0) is 24.3 Å². The summed E-state index contributed by atoms with van der Waals surface area (Å²) < 4.78 is 1.38. The molecule has 5 rings (SSSR count). The van der Waals surface area contributed by atoms with Gasteiger partial charge >= 0.3 is 0 Å². The molecule has 3 aromatic rings. The fourth-order valence-corrected chi connectivity index (χ4v) is 5.30. The highest BCUT2D eigenvalue weighted by molar-refractivity contribution is 7.17. The number of likely N-dealkylation sites (N-methyl/N-ethyl adjacent to an activating group) is 1. The molecule has 0 saturated heterocycles. The first-order chi connectivity index (χ1) is 13.3. The smallest absolute Gasteiger partial charge is 0.174 e. The standard InChI is InChI=1S/C23H25NO2S/c1-24(11-9-16-5-8-22-17(13-16)10-12-27-22)14-18-3-2-4-21-20(18)7-6-19-15-25-26-23(19)21/h5-8,10,12-13,18H,2-4,9,11,14-15H2,1H3/t18-/m0/s1. The van der Waals surface area contributed by atoms with Crippen LogP contribution in [0.5, 0.6) is 5.75 Å². The lowest BCUT2D eigenvalue weighted by Crippen LogP contribution is -2.28. The minimum absolute atomic E-state index is 0.585. The van der Waals surface area contributed by atoms with E-state index in [1.54, 1.807) is 0 Å². The summed E-state index contributed by atoms with van der Waals surface area (Å²) in [4.78, 5) is 13.2. The van der Waals surface area contributed by atoms with E-state index < -0.39 is 0 Å². The van der Waals surface area contributed by atoms with E-state index >= 15 is 0 Å². The summed E-state index contributed by atoms with van der Waals surface area (Å²) in [5, 5.41) is 3.55. The van der Waals surface area contributed by atoms with E-state index in [0.29, 0.717) is 12.5 Å². The third-order valence-electron chi connectivity index (χ3n) is 5.99. The van der Waals surface area contributed by atoms with Crippen LogP contribution in [0.2, 0.25) is 0 Å². The Labute approximate surface area is 164 Å². The summed E-state index contributed by atoms with van der Waals surface area (Å²) in [6.45, 7) is 2.78. The molecular weight excluding hydrogens is 354 g/mol. The van der Waals surface area contributed by atoms with E-state index in [-0.39, 0.29) is 0 Å². The molecule has 1 aromatic heterocycles. The number of nitrogens with zero attached hydrogens (tertiary/aromatic N) is 1. The molecule has 140 valence electrons. The molecule has 0 saturated carbocycles. The van der Waals surface area contributed by atoms with Crippen molar-refractivity contribution in [3.8, 4) is 5.75 Å². The summed E-state index contributed by atoms with van der Waals surface area (Å²) in [6.07, 6.45) is 4.71. The van der Waals surface area contributed by atoms with Crippen LogP contribution in [0, 0.1) is 0 Å². The van der Waals surface area contributed by atoms with E-state index in [9.17, 15) is 0 Å². The van der Waals surface area contributed by atoms with E-state index in [0.717, 1.165) is 31.7 Å². The molecule has 2 aliphatic rings. The van der Waals surface area contributed by atoms with Gasteiger partial charge in [-0.15, -0.1) is 11.3 Å². The Kier molecular flexibility index (Phi) is 4.64. The molecule has 0 bridgehead atoms. The minimum Gasteiger partial charge on any atom is -0.337 e. The zero-order valence-corrected chi connectivity index (χ0v) is 16.6. The highest BCUT2D eigenvalue weighted by Crippen LogP contribution is 2.41. The number of fused-ring (bicyclic) bond motifs is 4. The van der Waals surface area contributed by atoms with Gasteiger partial charge in [0.25, 0.3) is 0 Å². The first-order valence-corrected chi connectivity index (χ1v) is 10.7. The fraction of sp³-hybridized carbons (Fsp3) is 0.391. The highest BCUT2D eigenvalue weighted by atomic mass is 32.1. The highest BCUT2D eigenvalue weighted by Gasteiger charge is 2.28. The van der Waals surface area contributed by atoms with Gasteiger partial charge in [-0.1, -0.05) is 24.3 Å². The molecule has 0 radical (unpaired) electrons. The largest absolute Gasteiger partial charge is 0.337 e. The molecule has 0 unspecified atom stereocenters. The van der Waals surface area contributed by atoms with Gasteiger partial charge in [-0.3, -0.25) is 0 Å². The van der Waals surface area contributed by atoms with E-state index in [1.165, 1.54) is 45.2 Å². The first kappa shape index (κ1) is 17.2. The van der Waals surface area contributed by atoms with Crippen molar-refractivity contribution < 1.29 is 9.78 Å². The predicted octanol–water partition coefficient (Wildman–Crippen LogP) is 5.32. The van der Waals surface area contributed by atoms with Crippen LogP contribution in [0.1, 0.15) is 41.0 Å². The zero-order valence-electron chi connectivity index (χ0n) is 15.7. The second-order valence-corrected chi connectivity index (χ2v) is 8.81. The molecule has 0 amide bonds. The molecular formula is C23H25NO2S. The van der Waals surface area contributed by atoms with Gasteiger partial charge < -0.3 is 9.79 Å². The van der Waals surface area contributed by atoms with Gasteiger partial charge in [-0.25, -0.2) is 0 Å². The molecule has 2 aromatic carbocycles. The molecule has 4 heteroatoms. The Morgan fingerprint density at radius 1 is 1.19 bits per heavy atom. The summed E-state index contributed by atoms with van der Waals surface area (Å²) in [6, 6.07) is 13.6. The van der Waals surface area contributed by atoms with Crippen LogP contribution >= 0.6 is 11.3 Å². The summed E-state index contributed by atoms with van der Waals surface area (Å²) in [5.41, 5.74) is 5.49. The van der Waals surface area contributed by atoms with Gasteiger partial charge in [0.15, 0.2) is 5.75 Å². The zero-order chi connectivity index (χ0) is 18.2. The molecule has 2 heterocycles. The van der Waals surface area contributed by atoms with Crippen molar-refractivity contribution in [1.82, 2.24) is 4.90 Å². The van der Waals surface area contributed by atoms with Crippen LogP contribution in [-0.4, -0.2) is 25.0 Å². The average Bonchev–Trinajstić information content (AvgIpc) is 3.35. The van der Waals surface area contributed by atoms with Crippen molar-refractivity contribution in [3.05, 3.63) is 64.0 Å². The Morgan fingerprint density at radius 2 is 2.15 bits per heavy atom. The fourth-order valence-electron chi connectivity index (χ4n) is 4.53. The molecule has 3 nitrogen and oxygen atoms in total. The van der Waals surface area contributed by atoms with Gasteiger partial charge in [-0.2, -0.15) is 4.89 Å². The maximum absolute atomic E-state index is 5.47. The van der Waals surface area contributed by atoms with Crippen molar-refractivity contribution in [2.24, 2.45) is 0 Å². The molecule has 1 aliphatic heterocycles. The maximum Gasteiger partial charge on any atom is 0.174 e. The number of hydrogen-bond donors (Lipinski definition) is 0. The van der Waals surface area contributed by atoms with Crippen LogP contribution < -0.4 is 4.89 Å². The van der Waals surface area contributed by atoms with Crippen molar-refractivity contribution in [2.75, 3.05) is 20.1 Å². The Bertz CT molecular complexity index is 964. The lowest BCUT2D eigenvalue weighted by Gasteiger charge is -2.30. The van der Waals surface area contributed by atoms with Crippen LogP contribution in [0.3, 0.4) is 0 Å². The molecule has 0 spiro atoms. The van der Waals surface area contributed by atoms with E-state index in [1.807, 2.05) is 11.3 Å². The lowest BCUT2D eigenvalue weighted by atomic mass is 9.81. The van der Waals surface area contributed by atoms with Gasteiger partial charge in [0, 0.05) is 28.9 Å². The average molecular weight is 380 g/mol. The molecule has 27 heavy (non-hydrogen) atoms. The summed E-state index contributed by atoms with van der Waals surface area (Å²) in [5.74, 6) is 1.59. The first-order valence-electron chi connectivity index (χ1n) is 9.87. The molecule has 1 atom stereocenters. The number of rotatable bonds is 5.